The number of carbonyl (C=O) groups is 2. The number of thiophene rings is 1. The zero-order valence-electron chi connectivity index (χ0n) is 21.8. The predicted octanol–water partition coefficient (Wildman–Crippen LogP) is 5.77. The van der Waals surface area contributed by atoms with Crippen LogP contribution in [0.3, 0.4) is 0 Å². The van der Waals surface area contributed by atoms with E-state index in [0.29, 0.717) is 46.9 Å². The van der Waals surface area contributed by atoms with E-state index in [0.717, 1.165) is 22.5 Å². The number of ether oxygens (including phenoxy) is 3. The highest BCUT2D eigenvalue weighted by Crippen LogP contribution is 2.46. The summed E-state index contributed by atoms with van der Waals surface area (Å²) in [5.74, 6) is 1.35. The first-order chi connectivity index (χ1) is 18.4. The number of Topliss-reactive ketones (excluding diaryl/α,β-unsaturated/α-hetero) is 1. The van der Waals surface area contributed by atoms with Gasteiger partial charge in [-0.2, -0.15) is 11.3 Å². The molecule has 7 nitrogen and oxygen atoms in total. The van der Waals surface area contributed by atoms with Crippen LogP contribution in [0.25, 0.3) is 0 Å². The molecule has 2 heterocycles. The molecule has 1 amide bonds. The van der Waals surface area contributed by atoms with Crippen molar-refractivity contribution in [3.63, 3.8) is 0 Å². The molecular formula is C30H30N2O5S. The second-order valence-electron chi connectivity index (χ2n) is 9.37. The lowest BCUT2D eigenvalue weighted by Gasteiger charge is -2.36. The normalized spacial score (nSPS) is 19.0. The number of dihydropyridines is 1. The number of hydrogen-bond donors (Lipinski definition) is 2. The third-order valence-electron chi connectivity index (χ3n) is 7.18. The molecule has 1 aliphatic carbocycles. The topological polar surface area (TPSA) is 85.9 Å². The second kappa shape index (κ2) is 10.8. The van der Waals surface area contributed by atoms with Gasteiger partial charge in [0.05, 0.1) is 21.3 Å². The Morgan fingerprint density at radius 3 is 2.37 bits per heavy atom. The van der Waals surface area contributed by atoms with Gasteiger partial charge in [-0.1, -0.05) is 6.07 Å². The quantitative estimate of drug-likeness (QED) is 0.403. The van der Waals surface area contributed by atoms with Gasteiger partial charge in [-0.15, -0.1) is 0 Å². The van der Waals surface area contributed by atoms with Crippen molar-refractivity contribution in [1.82, 2.24) is 5.32 Å². The molecule has 0 radical (unpaired) electrons. The third-order valence-corrected chi connectivity index (χ3v) is 7.88. The smallest absolute Gasteiger partial charge is 0.254 e. The fourth-order valence-electron chi connectivity index (χ4n) is 5.33. The molecule has 2 atom stereocenters. The maximum Gasteiger partial charge on any atom is 0.254 e. The van der Waals surface area contributed by atoms with E-state index in [1.807, 2.05) is 41.9 Å². The Morgan fingerprint density at radius 1 is 0.947 bits per heavy atom. The molecule has 1 aliphatic heterocycles. The lowest BCUT2D eigenvalue weighted by atomic mass is 9.72. The highest BCUT2D eigenvalue weighted by Gasteiger charge is 2.41. The summed E-state index contributed by atoms with van der Waals surface area (Å²) in [6.45, 7) is 1.90. The van der Waals surface area contributed by atoms with Crippen molar-refractivity contribution in [1.29, 1.82) is 0 Å². The van der Waals surface area contributed by atoms with E-state index in [1.165, 1.54) is 0 Å². The van der Waals surface area contributed by atoms with Crippen LogP contribution in [-0.2, 0) is 9.59 Å². The standard InChI is InChI=1S/C30H30N2O5S/c1-17-27(30(34)32-21-6-8-22(35-2)9-7-21)28(19-11-12-38-16-19)29-23(31-17)13-20(14-24(29)33)18-5-10-25(36-3)26(15-18)37-4/h5-12,15-16,20,28,31H,13-14H2,1-4H3,(H,32,34). The summed E-state index contributed by atoms with van der Waals surface area (Å²) in [5.41, 5.74) is 5.45. The minimum Gasteiger partial charge on any atom is -0.497 e. The van der Waals surface area contributed by atoms with Crippen LogP contribution in [0.4, 0.5) is 5.69 Å². The third kappa shape index (κ3) is 4.79. The molecule has 0 saturated heterocycles. The number of carbonyl (C=O) groups excluding carboxylic acids is 2. The Bertz CT molecular complexity index is 1420. The van der Waals surface area contributed by atoms with E-state index in [1.54, 1.807) is 56.9 Å². The van der Waals surface area contributed by atoms with E-state index in [2.05, 4.69) is 10.6 Å². The SMILES string of the molecule is COc1ccc(NC(=O)C2=C(C)NC3=C(C(=O)CC(c4ccc(OC)c(OC)c4)C3)C2c2ccsc2)cc1. The van der Waals surface area contributed by atoms with Crippen molar-refractivity contribution in [2.75, 3.05) is 26.6 Å². The summed E-state index contributed by atoms with van der Waals surface area (Å²) >= 11 is 1.55. The first-order valence-corrected chi connectivity index (χ1v) is 13.3. The zero-order chi connectivity index (χ0) is 26.8. The Hall–Kier alpha value is -4.04. The van der Waals surface area contributed by atoms with Crippen LogP contribution < -0.4 is 24.8 Å². The van der Waals surface area contributed by atoms with Crippen molar-refractivity contribution in [2.45, 2.75) is 31.6 Å². The molecule has 0 bridgehead atoms. The number of ketones is 1. The Balaban J connectivity index is 1.48. The highest BCUT2D eigenvalue weighted by molar-refractivity contribution is 7.08. The molecule has 2 aromatic carbocycles. The summed E-state index contributed by atoms with van der Waals surface area (Å²) in [4.78, 5) is 27.4. The number of nitrogens with one attached hydrogen (secondary N) is 2. The average molecular weight is 531 g/mol. The predicted molar refractivity (Wildman–Crippen MR) is 148 cm³/mol. The molecule has 5 rings (SSSR count). The van der Waals surface area contributed by atoms with Crippen molar-refractivity contribution in [2.24, 2.45) is 0 Å². The van der Waals surface area contributed by atoms with Gasteiger partial charge < -0.3 is 24.8 Å². The first kappa shape index (κ1) is 25.6. The van der Waals surface area contributed by atoms with Crippen LogP contribution in [0.5, 0.6) is 17.2 Å². The molecule has 2 unspecified atom stereocenters. The molecule has 0 saturated carbocycles. The van der Waals surface area contributed by atoms with Gasteiger partial charge in [-0.25, -0.2) is 0 Å². The van der Waals surface area contributed by atoms with Crippen molar-refractivity contribution < 1.29 is 23.8 Å². The first-order valence-electron chi connectivity index (χ1n) is 12.4. The fraction of sp³-hybridized carbons (Fsp3) is 0.267. The summed E-state index contributed by atoms with van der Waals surface area (Å²) in [6, 6.07) is 15.0. The van der Waals surface area contributed by atoms with Gasteiger partial charge in [-0.05, 0) is 83.6 Å². The largest absolute Gasteiger partial charge is 0.497 e. The van der Waals surface area contributed by atoms with E-state index >= 15 is 0 Å². The van der Waals surface area contributed by atoms with Crippen molar-refractivity contribution in [3.05, 3.63) is 93.0 Å². The summed E-state index contributed by atoms with van der Waals surface area (Å²) < 4.78 is 16.1. The summed E-state index contributed by atoms with van der Waals surface area (Å²) in [5, 5.41) is 10.4. The van der Waals surface area contributed by atoms with Crippen LogP contribution >= 0.6 is 11.3 Å². The minimum absolute atomic E-state index is 0.0147. The second-order valence-corrected chi connectivity index (χ2v) is 10.2. The number of rotatable bonds is 7. The van der Waals surface area contributed by atoms with Gasteiger partial charge in [0.15, 0.2) is 17.3 Å². The molecule has 8 heteroatoms. The average Bonchev–Trinajstić information content (AvgIpc) is 3.47. The number of anilines is 1. The lowest BCUT2D eigenvalue weighted by Crippen LogP contribution is -2.36. The molecule has 2 aliphatic rings. The Labute approximate surface area is 226 Å². The van der Waals surface area contributed by atoms with Crippen LogP contribution in [0.15, 0.2) is 81.8 Å². The molecular weight excluding hydrogens is 500 g/mol. The van der Waals surface area contributed by atoms with Crippen molar-refractivity contribution >= 4 is 28.7 Å². The summed E-state index contributed by atoms with van der Waals surface area (Å²) in [6.07, 6.45) is 1.00. The molecule has 196 valence electrons. The van der Waals surface area contributed by atoms with Gasteiger partial charge >= 0.3 is 0 Å². The number of amides is 1. The minimum atomic E-state index is -0.436. The highest BCUT2D eigenvalue weighted by atomic mass is 32.1. The molecule has 38 heavy (non-hydrogen) atoms. The lowest BCUT2D eigenvalue weighted by molar-refractivity contribution is -0.116. The van der Waals surface area contributed by atoms with Gasteiger partial charge in [0, 0.05) is 40.6 Å². The van der Waals surface area contributed by atoms with E-state index < -0.39 is 5.92 Å². The zero-order valence-corrected chi connectivity index (χ0v) is 22.6. The Morgan fingerprint density at radius 2 is 1.71 bits per heavy atom. The maximum absolute atomic E-state index is 13.8. The molecule has 3 aromatic rings. The molecule has 1 aromatic heterocycles. The van der Waals surface area contributed by atoms with Crippen molar-refractivity contribution in [3.8, 4) is 17.2 Å². The number of allylic oxidation sites excluding steroid dienone is 3. The van der Waals surface area contributed by atoms with Crippen LogP contribution in [0, 0.1) is 0 Å². The van der Waals surface area contributed by atoms with E-state index in [-0.39, 0.29) is 17.6 Å². The van der Waals surface area contributed by atoms with Gasteiger partial charge in [0.25, 0.3) is 5.91 Å². The number of benzene rings is 2. The van der Waals surface area contributed by atoms with Gasteiger partial charge in [0.1, 0.15) is 5.75 Å². The van der Waals surface area contributed by atoms with Crippen LogP contribution in [-0.4, -0.2) is 33.0 Å². The fourth-order valence-corrected chi connectivity index (χ4v) is 6.01. The van der Waals surface area contributed by atoms with Crippen LogP contribution in [0.1, 0.15) is 42.7 Å². The Kier molecular flexibility index (Phi) is 7.24. The number of hydrogen-bond acceptors (Lipinski definition) is 7. The van der Waals surface area contributed by atoms with Gasteiger partial charge in [0.2, 0.25) is 0 Å². The molecule has 0 spiro atoms. The summed E-state index contributed by atoms with van der Waals surface area (Å²) in [7, 11) is 4.81. The van der Waals surface area contributed by atoms with Gasteiger partial charge in [-0.3, -0.25) is 9.59 Å². The maximum atomic E-state index is 13.8. The number of methoxy groups -OCH3 is 3. The monoisotopic (exact) mass is 530 g/mol. The molecule has 0 fully saturated rings. The van der Waals surface area contributed by atoms with Crippen LogP contribution in [0.2, 0.25) is 0 Å². The molecule has 2 N–H and O–H groups in total. The van der Waals surface area contributed by atoms with E-state index in [9.17, 15) is 9.59 Å². The van der Waals surface area contributed by atoms with E-state index in [4.69, 9.17) is 14.2 Å².